The minimum absolute atomic E-state index is 0.0430. The second-order valence-electron chi connectivity index (χ2n) is 5.13. The van der Waals surface area contributed by atoms with Gasteiger partial charge in [0.1, 0.15) is 0 Å². The summed E-state index contributed by atoms with van der Waals surface area (Å²) < 4.78 is 63.4. The van der Waals surface area contributed by atoms with Gasteiger partial charge >= 0.3 is 6.18 Å². The monoisotopic (exact) mass is 336 g/mol. The number of halogens is 3. The van der Waals surface area contributed by atoms with Gasteiger partial charge in [-0.25, -0.2) is 8.42 Å². The number of nitrogens with zero attached hydrogens (tertiary/aromatic N) is 1. The largest absolute Gasteiger partial charge is 0.416 e. The van der Waals surface area contributed by atoms with Crippen molar-refractivity contribution in [1.82, 2.24) is 4.31 Å². The zero-order chi connectivity index (χ0) is 16.5. The summed E-state index contributed by atoms with van der Waals surface area (Å²) in [5.41, 5.74) is 4.28. The van der Waals surface area contributed by atoms with Crippen LogP contribution in [0, 0.1) is 5.92 Å². The number of hydrogen-bond acceptors (Lipinski definition) is 3. The topological polar surface area (TPSA) is 80.5 Å². The predicted molar refractivity (Wildman–Crippen MR) is 72.1 cm³/mol. The molecular formula is C13H15F3N2O3S. The molecule has 1 amide bonds. The van der Waals surface area contributed by atoms with Gasteiger partial charge in [-0.2, -0.15) is 17.5 Å². The Kier molecular flexibility index (Phi) is 4.48. The molecule has 1 atom stereocenters. The number of sulfonamides is 1. The van der Waals surface area contributed by atoms with Gasteiger partial charge in [0.15, 0.2) is 0 Å². The Labute approximate surface area is 125 Å². The maximum absolute atomic E-state index is 12.5. The summed E-state index contributed by atoms with van der Waals surface area (Å²) in [5, 5.41) is 0. The maximum Gasteiger partial charge on any atom is 0.416 e. The fourth-order valence-electron chi connectivity index (χ4n) is 2.36. The van der Waals surface area contributed by atoms with Crippen molar-refractivity contribution in [2.24, 2.45) is 11.7 Å². The molecule has 0 bridgehead atoms. The molecule has 122 valence electrons. The molecule has 0 aromatic heterocycles. The molecule has 0 unspecified atom stereocenters. The van der Waals surface area contributed by atoms with Gasteiger partial charge in [0.25, 0.3) is 0 Å². The van der Waals surface area contributed by atoms with E-state index >= 15 is 0 Å². The predicted octanol–water partition coefficient (Wildman–Crippen LogP) is 1.59. The summed E-state index contributed by atoms with van der Waals surface area (Å²) in [6.07, 6.45) is -3.54. The number of alkyl halides is 3. The van der Waals surface area contributed by atoms with Crippen molar-refractivity contribution in [1.29, 1.82) is 0 Å². The van der Waals surface area contributed by atoms with Crippen LogP contribution in [0.4, 0.5) is 13.2 Å². The van der Waals surface area contributed by atoms with E-state index < -0.39 is 33.6 Å². The van der Waals surface area contributed by atoms with Gasteiger partial charge in [-0.1, -0.05) is 0 Å². The van der Waals surface area contributed by atoms with Gasteiger partial charge in [0.05, 0.1) is 16.4 Å². The van der Waals surface area contributed by atoms with Crippen molar-refractivity contribution in [3.05, 3.63) is 29.8 Å². The van der Waals surface area contributed by atoms with E-state index in [0.717, 1.165) is 28.6 Å². The smallest absolute Gasteiger partial charge is 0.369 e. The van der Waals surface area contributed by atoms with Crippen molar-refractivity contribution in [2.75, 3.05) is 13.1 Å². The van der Waals surface area contributed by atoms with Gasteiger partial charge in [0, 0.05) is 13.1 Å². The Morgan fingerprint density at radius 1 is 1.23 bits per heavy atom. The molecule has 2 rings (SSSR count). The number of carbonyl (C=O) groups excluding carboxylic acids is 1. The lowest BCUT2D eigenvalue weighted by atomic mass is 9.99. The third-order valence-electron chi connectivity index (χ3n) is 3.61. The van der Waals surface area contributed by atoms with E-state index in [2.05, 4.69) is 0 Å². The zero-order valence-electron chi connectivity index (χ0n) is 11.5. The number of hydrogen-bond donors (Lipinski definition) is 1. The number of primary amides is 1. The van der Waals surface area contributed by atoms with E-state index in [4.69, 9.17) is 5.73 Å². The molecule has 1 aromatic carbocycles. The summed E-state index contributed by atoms with van der Waals surface area (Å²) in [6.45, 7) is 0.172. The number of benzene rings is 1. The molecule has 1 heterocycles. The molecule has 0 radical (unpaired) electrons. The first-order valence-electron chi connectivity index (χ1n) is 6.59. The Morgan fingerprint density at radius 2 is 1.82 bits per heavy atom. The van der Waals surface area contributed by atoms with Crippen LogP contribution in [0.3, 0.4) is 0 Å². The molecule has 0 spiro atoms. The molecule has 1 aliphatic heterocycles. The molecular weight excluding hydrogens is 321 g/mol. The highest BCUT2D eigenvalue weighted by Crippen LogP contribution is 2.30. The van der Waals surface area contributed by atoms with E-state index in [-0.39, 0.29) is 18.0 Å². The minimum atomic E-state index is -4.52. The summed E-state index contributed by atoms with van der Waals surface area (Å²) in [5.74, 6) is -1.15. The number of carbonyl (C=O) groups is 1. The van der Waals surface area contributed by atoms with E-state index in [1.54, 1.807) is 0 Å². The van der Waals surface area contributed by atoms with Gasteiger partial charge in [-0.05, 0) is 37.1 Å². The third-order valence-corrected chi connectivity index (χ3v) is 5.49. The van der Waals surface area contributed by atoms with Crippen LogP contribution in [0.15, 0.2) is 29.2 Å². The lowest BCUT2D eigenvalue weighted by molar-refractivity contribution is -0.137. The Morgan fingerprint density at radius 3 is 2.32 bits per heavy atom. The highest BCUT2D eigenvalue weighted by atomic mass is 32.2. The highest BCUT2D eigenvalue weighted by Gasteiger charge is 2.34. The number of nitrogens with two attached hydrogens (primary N) is 1. The Bertz CT molecular complexity index is 656. The molecule has 0 saturated carbocycles. The van der Waals surface area contributed by atoms with Crippen LogP contribution < -0.4 is 5.73 Å². The Hall–Kier alpha value is -1.61. The first kappa shape index (κ1) is 16.8. The minimum Gasteiger partial charge on any atom is -0.369 e. The molecule has 1 aromatic rings. The zero-order valence-corrected chi connectivity index (χ0v) is 12.3. The fourth-order valence-corrected chi connectivity index (χ4v) is 3.88. The average Bonchev–Trinajstić information content (AvgIpc) is 2.46. The van der Waals surface area contributed by atoms with Crippen molar-refractivity contribution in [2.45, 2.75) is 23.9 Å². The van der Waals surface area contributed by atoms with Crippen LogP contribution in [0.25, 0.3) is 0 Å². The highest BCUT2D eigenvalue weighted by molar-refractivity contribution is 7.89. The number of piperidine rings is 1. The summed E-state index contributed by atoms with van der Waals surface area (Å²) >= 11 is 0. The van der Waals surface area contributed by atoms with E-state index in [1.165, 1.54) is 0 Å². The maximum atomic E-state index is 12.5. The van der Waals surface area contributed by atoms with E-state index in [1.807, 2.05) is 0 Å². The molecule has 9 heteroatoms. The summed E-state index contributed by atoms with van der Waals surface area (Å²) in [4.78, 5) is 11.0. The van der Waals surface area contributed by atoms with E-state index in [0.29, 0.717) is 12.8 Å². The second kappa shape index (κ2) is 5.88. The molecule has 1 aliphatic rings. The van der Waals surface area contributed by atoms with Crippen molar-refractivity contribution in [3.63, 3.8) is 0 Å². The first-order valence-corrected chi connectivity index (χ1v) is 8.03. The molecule has 22 heavy (non-hydrogen) atoms. The van der Waals surface area contributed by atoms with Gasteiger partial charge in [0.2, 0.25) is 15.9 Å². The van der Waals surface area contributed by atoms with Crippen LogP contribution in [0.5, 0.6) is 0 Å². The van der Waals surface area contributed by atoms with Crippen LogP contribution in [-0.2, 0) is 21.0 Å². The number of rotatable bonds is 3. The van der Waals surface area contributed by atoms with E-state index in [9.17, 15) is 26.4 Å². The second-order valence-corrected chi connectivity index (χ2v) is 7.06. The molecule has 1 saturated heterocycles. The number of amides is 1. The van der Waals surface area contributed by atoms with Crippen LogP contribution in [0.2, 0.25) is 0 Å². The SMILES string of the molecule is NC(=O)[C@@H]1CCCN(S(=O)(=O)c2ccc(C(F)(F)F)cc2)C1. The molecule has 0 aliphatic carbocycles. The fraction of sp³-hybridized carbons (Fsp3) is 0.462. The quantitative estimate of drug-likeness (QED) is 0.910. The van der Waals surface area contributed by atoms with Crippen molar-refractivity contribution >= 4 is 15.9 Å². The summed E-state index contributed by atoms with van der Waals surface area (Å²) in [6, 6.07) is 3.29. The van der Waals surface area contributed by atoms with Gasteiger partial charge < -0.3 is 5.73 Å². The van der Waals surface area contributed by atoms with Crippen LogP contribution in [-0.4, -0.2) is 31.7 Å². The Balaban J connectivity index is 2.25. The van der Waals surface area contributed by atoms with Crippen LogP contribution >= 0.6 is 0 Å². The third kappa shape index (κ3) is 3.41. The summed E-state index contributed by atoms with van der Waals surface area (Å²) in [7, 11) is -3.93. The van der Waals surface area contributed by atoms with Crippen molar-refractivity contribution < 1.29 is 26.4 Å². The normalized spacial score (nSPS) is 20.8. The average molecular weight is 336 g/mol. The molecule has 2 N–H and O–H groups in total. The van der Waals surface area contributed by atoms with Gasteiger partial charge in [-0.15, -0.1) is 0 Å². The lowest BCUT2D eigenvalue weighted by Crippen LogP contribution is -2.44. The van der Waals surface area contributed by atoms with Crippen molar-refractivity contribution in [3.8, 4) is 0 Å². The van der Waals surface area contributed by atoms with Crippen LogP contribution in [0.1, 0.15) is 18.4 Å². The first-order chi connectivity index (χ1) is 10.1. The molecule has 5 nitrogen and oxygen atoms in total. The standard InChI is InChI=1S/C13H15F3N2O3S/c14-13(15,16)10-3-5-11(6-4-10)22(20,21)18-7-1-2-9(8-18)12(17)19/h3-6,9H,1-2,7-8H2,(H2,17,19)/t9-/m1/s1. The van der Waals surface area contributed by atoms with Gasteiger partial charge in [-0.3, -0.25) is 4.79 Å². The molecule has 1 fully saturated rings. The lowest BCUT2D eigenvalue weighted by Gasteiger charge is -2.30.